The standard InChI is InChI=1S/C19H20F3N7O4/c1-27(2)10-3-5-28(6-4-10)15-14-16(25-18(24-15)26-17(32)19(20,21)22)29(9-23-14)13-7-11(31)12(8-30)33-13/h3-6,9,11-13,30-31H,7-8H2,1-2H3/p+1/t11-,12+,13-/m1/s1. The van der Waals surface area contributed by atoms with Gasteiger partial charge in [-0.2, -0.15) is 18.2 Å². The van der Waals surface area contributed by atoms with Gasteiger partial charge in [-0.3, -0.25) is 14.7 Å². The van der Waals surface area contributed by atoms with Gasteiger partial charge in [0.25, 0.3) is 0 Å². The Balaban J connectivity index is 1.82. The Morgan fingerprint density at radius 2 is 2.03 bits per heavy atom. The van der Waals surface area contributed by atoms with Crippen LogP contribution in [0.15, 0.2) is 30.9 Å². The lowest BCUT2D eigenvalue weighted by Gasteiger charge is -2.13. The van der Waals surface area contributed by atoms with Crippen molar-refractivity contribution in [1.29, 1.82) is 0 Å². The smallest absolute Gasteiger partial charge is 0.394 e. The molecule has 0 aromatic carbocycles. The second kappa shape index (κ2) is 8.53. The van der Waals surface area contributed by atoms with Crippen molar-refractivity contribution in [3.63, 3.8) is 0 Å². The lowest BCUT2D eigenvalue weighted by atomic mass is 10.2. The minimum atomic E-state index is -5.13. The molecule has 3 atom stereocenters. The van der Waals surface area contributed by atoms with Gasteiger partial charge in [0.1, 0.15) is 12.3 Å². The summed E-state index contributed by atoms with van der Waals surface area (Å²) in [5.74, 6) is -2.68. The summed E-state index contributed by atoms with van der Waals surface area (Å²) in [6.07, 6.45) is -2.95. The van der Waals surface area contributed by atoms with Gasteiger partial charge in [0.15, 0.2) is 5.65 Å². The van der Waals surface area contributed by atoms with Crippen LogP contribution in [0, 0.1) is 0 Å². The van der Waals surface area contributed by atoms with E-state index in [1.165, 1.54) is 15.5 Å². The minimum Gasteiger partial charge on any atom is -0.394 e. The molecule has 0 aliphatic carbocycles. The first-order chi connectivity index (χ1) is 15.6. The molecule has 1 aliphatic heterocycles. The summed E-state index contributed by atoms with van der Waals surface area (Å²) in [5.41, 5.74) is 1.18. The molecule has 3 aromatic heterocycles. The van der Waals surface area contributed by atoms with Gasteiger partial charge in [0, 0.05) is 43.3 Å². The molecule has 4 heterocycles. The highest BCUT2D eigenvalue weighted by atomic mass is 19.4. The predicted molar refractivity (Wildman–Crippen MR) is 107 cm³/mol. The highest BCUT2D eigenvalue weighted by molar-refractivity contribution is 5.94. The number of nitrogens with zero attached hydrogens (tertiary/aromatic N) is 6. The minimum absolute atomic E-state index is 0.0810. The number of imidazole rings is 1. The molecule has 1 fully saturated rings. The fraction of sp³-hybridized carbons (Fsp3) is 0.421. The number of hydrogen-bond donors (Lipinski definition) is 3. The number of aliphatic hydroxyl groups excluding tert-OH is 2. The predicted octanol–water partition coefficient (Wildman–Crippen LogP) is 0.310. The number of fused-ring (bicyclic) bond motifs is 1. The van der Waals surface area contributed by atoms with E-state index in [0.29, 0.717) is 0 Å². The van der Waals surface area contributed by atoms with E-state index in [9.17, 15) is 28.2 Å². The van der Waals surface area contributed by atoms with Crippen LogP contribution in [0.25, 0.3) is 17.0 Å². The lowest BCUT2D eigenvalue weighted by molar-refractivity contribution is -0.598. The van der Waals surface area contributed by atoms with Crippen molar-refractivity contribution in [1.82, 2.24) is 19.5 Å². The summed E-state index contributed by atoms with van der Waals surface area (Å²) in [4.78, 5) is 25.8. The van der Waals surface area contributed by atoms with Crippen LogP contribution in [0.2, 0.25) is 0 Å². The van der Waals surface area contributed by atoms with Gasteiger partial charge in [0.05, 0.1) is 31.4 Å². The molecule has 0 saturated carbocycles. The van der Waals surface area contributed by atoms with Gasteiger partial charge < -0.3 is 19.8 Å². The van der Waals surface area contributed by atoms with Crippen LogP contribution >= 0.6 is 0 Å². The molecular weight excluding hydrogens is 447 g/mol. The molecule has 14 heteroatoms. The average Bonchev–Trinajstić information content (AvgIpc) is 3.35. The van der Waals surface area contributed by atoms with Crippen molar-refractivity contribution in [2.45, 2.75) is 31.0 Å². The van der Waals surface area contributed by atoms with Crippen LogP contribution in [0.4, 0.5) is 24.8 Å². The van der Waals surface area contributed by atoms with Crippen LogP contribution in [-0.2, 0) is 9.53 Å². The highest BCUT2D eigenvalue weighted by Gasteiger charge is 2.41. The van der Waals surface area contributed by atoms with Crippen molar-refractivity contribution < 1.29 is 37.5 Å². The van der Waals surface area contributed by atoms with Crippen LogP contribution in [0.3, 0.4) is 0 Å². The summed E-state index contributed by atoms with van der Waals surface area (Å²) < 4.78 is 47.0. The molecule has 0 radical (unpaired) electrons. The van der Waals surface area contributed by atoms with Gasteiger partial charge in [-0.25, -0.2) is 9.55 Å². The van der Waals surface area contributed by atoms with Crippen LogP contribution in [0.5, 0.6) is 0 Å². The lowest BCUT2D eigenvalue weighted by Crippen LogP contribution is -2.34. The normalized spacial score (nSPS) is 20.9. The fourth-order valence-corrected chi connectivity index (χ4v) is 3.43. The molecule has 1 saturated heterocycles. The highest BCUT2D eigenvalue weighted by Crippen LogP contribution is 2.31. The second-order valence-electron chi connectivity index (χ2n) is 7.62. The van der Waals surface area contributed by atoms with Crippen LogP contribution in [-0.4, -0.2) is 74.7 Å². The van der Waals surface area contributed by atoms with E-state index < -0.39 is 43.1 Å². The molecular formula is C19H21F3N7O4+. The van der Waals surface area contributed by atoms with Crippen molar-refractivity contribution >= 4 is 28.7 Å². The zero-order valence-electron chi connectivity index (χ0n) is 17.6. The van der Waals surface area contributed by atoms with Crippen molar-refractivity contribution in [2.75, 3.05) is 30.9 Å². The maximum absolute atomic E-state index is 12.8. The number of alkyl halides is 3. The van der Waals surface area contributed by atoms with E-state index in [1.54, 1.807) is 29.8 Å². The van der Waals surface area contributed by atoms with Gasteiger partial charge in [-0.1, -0.05) is 0 Å². The summed E-state index contributed by atoms with van der Waals surface area (Å²) in [5, 5.41) is 21.1. The van der Waals surface area contributed by atoms with Crippen LogP contribution < -0.4 is 14.8 Å². The SMILES string of the molecule is CN(C)c1cc[n+](-c2nc(NC(=O)C(F)(F)F)nc3c2ncn3[C@H]2C[C@@H](O)[C@H](CO)O2)cc1. The molecule has 11 nitrogen and oxygen atoms in total. The molecule has 0 spiro atoms. The number of aliphatic hydroxyl groups is 2. The monoisotopic (exact) mass is 468 g/mol. The maximum Gasteiger partial charge on any atom is 0.471 e. The number of pyridine rings is 1. The molecule has 4 rings (SSSR count). The summed E-state index contributed by atoms with van der Waals surface area (Å²) >= 11 is 0. The number of hydrogen-bond acceptors (Lipinski definition) is 8. The Kier molecular flexibility index (Phi) is 5.90. The first-order valence-electron chi connectivity index (χ1n) is 9.84. The van der Waals surface area contributed by atoms with E-state index in [2.05, 4.69) is 15.0 Å². The number of halogens is 3. The Morgan fingerprint density at radius 1 is 1.33 bits per heavy atom. The second-order valence-corrected chi connectivity index (χ2v) is 7.62. The van der Waals surface area contributed by atoms with E-state index in [0.717, 1.165) is 5.69 Å². The Morgan fingerprint density at radius 3 is 2.61 bits per heavy atom. The van der Waals surface area contributed by atoms with E-state index in [-0.39, 0.29) is 23.4 Å². The van der Waals surface area contributed by atoms with E-state index >= 15 is 0 Å². The number of amides is 1. The largest absolute Gasteiger partial charge is 0.471 e. The molecule has 176 valence electrons. The van der Waals surface area contributed by atoms with Gasteiger partial charge in [0.2, 0.25) is 5.52 Å². The summed E-state index contributed by atoms with van der Waals surface area (Å²) in [6.45, 7) is -0.411. The van der Waals surface area contributed by atoms with Gasteiger partial charge in [-0.05, 0) is 0 Å². The number of nitrogens with one attached hydrogen (secondary N) is 1. The average molecular weight is 468 g/mol. The summed E-state index contributed by atoms with van der Waals surface area (Å²) in [6, 6.07) is 3.53. The maximum atomic E-state index is 12.8. The molecule has 1 aliphatic rings. The number of anilines is 2. The third-order valence-corrected chi connectivity index (χ3v) is 5.15. The van der Waals surface area contributed by atoms with E-state index in [4.69, 9.17) is 4.74 Å². The Bertz CT molecular complexity index is 1170. The third-order valence-electron chi connectivity index (χ3n) is 5.15. The third kappa shape index (κ3) is 4.44. The van der Waals surface area contributed by atoms with Gasteiger partial charge in [-0.15, -0.1) is 0 Å². The summed E-state index contributed by atoms with van der Waals surface area (Å²) in [7, 11) is 3.70. The molecule has 3 aromatic rings. The molecule has 0 unspecified atom stereocenters. The topological polar surface area (TPSA) is 130 Å². The van der Waals surface area contributed by atoms with E-state index in [1.807, 2.05) is 19.0 Å². The quantitative estimate of drug-likeness (QED) is 0.457. The number of carbonyl (C=O) groups is 1. The molecule has 33 heavy (non-hydrogen) atoms. The molecule has 0 bridgehead atoms. The zero-order chi connectivity index (χ0) is 23.9. The number of rotatable bonds is 5. The van der Waals surface area contributed by atoms with Gasteiger partial charge >= 0.3 is 23.8 Å². The first kappa shape index (κ1) is 22.8. The van der Waals surface area contributed by atoms with Crippen molar-refractivity contribution in [3.05, 3.63) is 30.9 Å². The number of aromatic nitrogens is 5. The first-order valence-corrected chi connectivity index (χ1v) is 9.84. The fourth-order valence-electron chi connectivity index (χ4n) is 3.43. The van der Waals surface area contributed by atoms with Crippen molar-refractivity contribution in [2.24, 2.45) is 0 Å². The van der Waals surface area contributed by atoms with Crippen molar-refractivity contribution in [3.8, 4) is 5.82 Å². The number of ether oxygens (including phenoxy) is 1. The number of carbonyl (C=O) groups excluding carboxylic acids is 1. The zero-order valence-corrected chi connectivity index (χ0v) is 17.6. The molecule has 3 N–H and O–H groups in total. The Labute approximate surface area is 185 Å². The van der Waals surface area contributed by atoms with Crippen LogP contribution in [0.1, 0.15) is 12.6 Å². The molecule has 1 amide bonds. The Hall–Kier alpha value is -3.36.